The van der Waals surface area contributed by atoms with E-state index in [-0.39, 0.29) is 18.4 Å². The quantitative estimate of drug-likeness (QED) is 0.651. The molecule has 0 saturated heterocycles. The summed E-state index contributed by atoms with van der Waals surface area (Å²) in [5.41, 5.74) is -0.660. The molecule has 0 fully saturated rings. The summed E-state index contributed by atoms with van der Waals surface area (Å²) in [4.78, 5) is 36.6. The third-order valence-corrected chi connectivity index (χ3v) is 3.22. The first-order valence-corrected chi connectivity index (χ1v) is 8.83. The van der Waals surface area contributed by atoms with Crippen LogP contribution in [-0.2, 0) is 19.1 Å². The fourth-order valence-corrected chi connectivity index (χ4v) is 2.16. The molecular weight excluding hydrogens is 324 g/mol. The third-order valence-electron chi connectivity index (χ3n) is 3.22. The number of alkyl carbamates (subject to hydrolysis) is 1. The van der Waals surface area contributed by atoms with Gasteiger partial charge in [-0.3, -0.25) is 4.79 Å². The fourth-order valence-electron chi connectivity index (χ4n) is 2.16. The maximum Gasteiger partial charge on any atom is 0.408 e. The Balaban J connectivity index is 5.05. The Bertz CT molecular complexity index is 455. The maximum atomic E-state index is 12.6. The molecule has 25 heavy (non-hydrogen) atoms. The molecular formula is C18H34N2O5. The molecule has 0 heterocycles. The van der Waals surface area contributed by atoms with Crippen LogP contribution in [0.5, 0.6) is 0 Å². The molecule has 0 bridgehead atoms. The summed E-state index contributed by atoms with van der Waals surface area (Å²) >= 11 is 0. The Hall–Kier alpha value is -1.79. The Morgan fingerprint density at radius 3 is 1.96 bits per heavy atom. The van der Waals surface area contributed by atoms with Gasteiger partial charge in [-0.15, -0.1) is 0 Å². The first-order chi connectivity index (χ1) is 11.4. The smallest absolute Gasteiger partial charge is 0.408 e. The molecule has 0 unspecified atom stereocenters. The van der Waals surface area contributed by atoms with Gasteiger partial charge in [-0.25, -0.2) is 9.59 Å². The van der Waals surface area contributed by atoms with Crippen LogP contribution in [0.2, 0.25) is 0 Å². The number of ether oxygens (including phenoxy) is 2. The van der Waals surface area contributed by atoms with Crippen LogP contribution >= 0.6 is 0 Å². The van der Waals surface area contributed by atoms with Gasteiger partial charge in [-0.05, 0) is 46.0 Å². The molecule has 2 atom stereocenters. The Morgan fingerprint density at radius 2 is 1.56 bits per heavy atom. The molecule has 0 aromatic heterocycles. The van der Waals surface area contributed by atoms with Gasteiger partial charge in [0, 0.05) is 0 Å². The van der Waals surface area contributed by atoms with Gasteiger partial charge in [0.2, 0.25) is 5.91 Å². The number of carbonyl (C=O) groups excluding carboxylic acids is 3. The van der Waals surface area contributed by atoms with Crippen molar-refractivity contribution in [1.29, 1.82) is 0 Å². The van der Waals surface area contributed by atoms with Gasteiger partial charge in [-0.1, -0.05) is 27.7 Å². The standard InChI is InChI=1S/C18H34N2O5/c1-9-24-16(22)13(10-11(2)3)19-15(21)14(12(4)5)20-17(23)25-18(6,7)8/h11-14H,9-10H2,1-8H3,(H,19,21)(H,20,23)/t13-,14+/m0/s1. The lowest BCUT2D eigenvalue weighted by Crippen LogP contribution is -2.54. The molecule has 0 aromatic rings. The van der Waals surface area contributed by atoms with Gasteiger partial charge in [0.25, 0.3) is 0 Å². The lowest BCUT2D eigenvalue weighted by atomic mass is 10.0. The van der Waals surface area contributed by atoms with Crippen molar-refractivity contribution >= 4 is 18.0 Å². The van der Waals surface area contributed by atoms with Crippen molar-refractivity contribution in [2.75, 3.05) is 6.61 Å². The first-order valence-electron chi connectivity index (χ1n) is 8.83. The van der Waals surface area contributed by atoms with E-state index in [4.69, 9.17) is 9.47 Å². The molecule has 7 nitrogen and oxygen atoms in total. The van der Waals surface area contributed by atoms with Crippen LogP contribution in [0, 0.1) is 11.8 Å². The summed E-state index contributed by atoms with van der Waals surface area (Å²) in [6, 6.07) is -1.55. The summed E-state index contributed by atoms with van der Waals surface area (Å²) in [7, 11) is 0. The SMILES string of the molecule is CCOC(=O)[C@H](CC(C)C)NC(=O)[C@H](NC(=O)OC(C)(C)C)C(C)C. The predicted molar refractivity (Wildman–Crippen MR) is 96.0 cm³/mol. The Morgan fingerprint density at radius 1 is 1.00 bits per heavy atom. The van der Waals surface area contributed by atoms with Crippen LogP contribution < -0.4 is 10.6 Å². The highest BCUT2D eigenvalue weighted by Gasteiger charge is 2.31. The van der Waals surface area contributed by atoms with Crippen molar-refractivity contribution in [2.24, 2.45) is 11.8 Å². The summed E-state index contributed by atoms with van der Waals surface area (Å²) < 4.78 is 10.2. The highest BCUT2D eigenvalue weighted by atomic mass is 16.6. The lowest BCUT2D eigenvalue weighted by molar-refractivity contribution is -0.148. The highest BCUT2D eigenvalue weighted by molar-refractivity contribution is 5.89. The molecule has 0 spiro atoms. The number of hydrogen-bond donors (Lipinski definition) is 2. The summed E-state index contributed by atoms with van der Waals surface area (Å²) in [5, 5.41) is 5.28. The second-order valence-electron chi connectivity index (χ2n) is 7.81. The molecule has 146 valence electrons. The van der Waals surface area contributed by atoms with Crippen LogP contribution in [0.15, 0.2) is 0 Å². The summed E-state index contributed by atoms with van der Waals surface area (Å²) in [5.74, 6) is -0.871. The topological polar surface area (TPSA) is 93.7 Å². The van der Waals surface area contributed by atoms with E-state index in [9.17, 15) is 14.4 Å². The second-order valence-corrected chi connectivity index (χ2v) is 7.81. The van der Waals surface area contributed by atoms with E-state index in [2.05, 4.69) is 10.6 Å². The molecule has 0 rings (SSSR count). The molecule has 0 radical (unpaired) electrons. The minimum Gasteiger partial charge on any atom is -0.464 e. The number of nitrogens with one attached hydrogen (secondary N) is 2. The number of esters is 1. The first kappa shape index (κ1) is 23.2. The molecule has 0 aliphatic carbocycles. The van der Waals surface area contributed by atoms with Gasteiger partial charge < -0.3 is 20.1 Å². The second kappa shape index (κ2) is 10.3. The maximum absolute atomic E-state index is 12.6. The normalized spacial score (nSPS) is 14.0. The monoisotopic (exact) mass is 358 g/mol. The molecule has 0 saturated carbocycles. The van der Waals surface area contributed by atoms with Crippen molar-refractivity contribution in [3.05, 3.63) is 0 Å². The number of carbonyl (C=O) groups is 3. The van der Waals surface area contributed by atoms with Gasteiger partial charge in [0.05, 0.1) is 6.61 Å². The average molecular weight is 358 g/mol. The zero-order valence-corrected chi connectivity index (χ0v) is 16.8. The zero-order valence-electron chi connectivity index (χ0n) is 16.8. The van der Waals surface area contributed by atoms with Crippen LogP contribution in [0.4, 0.5) is 4.79 Å². The van der Waals surface area contributed by atoms with E-state index in [0.717, 1.165) is 0 Å². The van der Waals surface area contributed by atoms with E-state index in [1.54, 1.807) is 27.7 Å². The third kappa shape index (κ3) is 9.94. The van der Waals surface area contributed by atoms with Gasteiger partial charge in [0.1, 0.15) is 17.7 Å². The fraction of sp³-hybridized carbons (Fsp3) is 0.833. The van der Waals surface area contributed by atoms with Crippen LogP contribution in [-0.4, -0.2) is 42.3 Å². The zero-order chi connectivity index (χ0) is 19.8. The number of rotatable bonds is 8. The van der Waals surface area contributed by atoms with Gasteiger partial charge in [0.15, 0.2) is 0 Å². The van der Waals surface area contributed by atoms with Crippen LogP contribution in [0.1, 0.15) is 61.8 Å². The van der Waals surface area contributed by atoms with E-state index >= 15 is 0 Å². The number of hydrogen-bond acceptors (Lipinski definition) is 5. The Kier molecular flexibility index (Phi) is 9.52. The number of amides is 2. The molecule has 7 heteroatoms. The molecule has 0 aliphatic heterocycles. The summed E-state index contributed by atoms with van der Waals surface area (Å²) in [6.45, 7) is 14.7. The minimum atomic E-state index is -0.807. The molecule has 2 N–H and O–H groups in total. The van der Waals surface area contributed by atoms with Crippen LogP contribution in [0.25, 0.3) is 0 Å². The largest absolute Gasteiger partial charge is 0.464 e. The molecule has 0 aromatic carbocycles. The van der Waals surface area contributed by atoms with Gasteiger partial charge in [-0.2, -0.15) is 0 Å². The van der Waals surface area contributed by atoms with Crippen molar-refractivity contribution < 1.29 is 23.9 Å². The van der Waals surface area contributed by atoms with Crippen molar-refractivity contribution in [2.45, 2.75) is 79.5 Å². The Labute approximate surface area is 151 Å². The van der Waals surface area contributed by atoms with E-state index in [1.807, 2.05) is 27.7 Å². The van der Waals surface area contributed by atoms with E-state index in [0.29, 0.717) is 6.42 Å². The van der Waals surface area contributed by atoms with E-state index < -0.39 is 35.7 Å². The summed E-state index contributed by atoms with van der Waals surface area (Å²) in [6.07, 6.45) is -0.208. The van der Waals surface area contributed by atoms with Crippen molar-refractivity contribution in [3.8, 4) is 0 Å². The lowest BCUT2D eigenvalue weighted by Gasteiger charge is -2.27. The highest BCUT2D eigenvalue weighted by Crippen LogP contribution is 2.11. The molecule has 2 amide bonds. The van der Waals surface area contributed by atoms with Crippen LogP contribution in [0.3, 0.4) is 0 Å². The van der Waals surface area contributed by atoms with Crippen molar-refractivity contribution in [3.63, 3.8) is 0 Å². The average Bonchev–Trinajstić information content (AvgIpc) is 2.41. The van der Waals surface area contributed by atoms with E-state index in [1.165, 1.54) is 0 Å². The van der Waals surface area contributed by atoms with Crippen molar-refractivity contribution in [1.82, 2.24) is 10.6 Å². The predicted octanol–water partition coefficient (Wildman–Crippen LogP) is 2.63. The minimum absolute atomic E-state index is 0.172. The molecule has 0 aliphatic rings. The van der Waals surface area contributed by atoms with Gasteiger partial charge >= 0.3 is 12.1 Å².